The summed E-state index contributed by atoms with van der Waals surface area (Å²) in [5.41, 5.74) is 8.81. The molecule has 1 heterocycles. The average molecular weight is 401 g/mol. The summed E-state index contributed by atoms with van der Waals surface area (Å²) in [5, 5.41) is 5.77. The summed E-state index contributed by atoms with van der Waals surface area (Å²) in [6.07, 6.45) is 1.33. The van der Waals surface area contributed by atoms with Crippen LogP contribution in [0.4, 0.5) is 14.5 Å². The molecule has 0 aliphatic heterocycles. The number of benzene rings is 2. The molecule has 0 aliphatic rings. The van der Waals surface area contributed by atoms with E-state index in [1.165, 1.54) is 17.4 Å². The van der Waals surface area contributed by atoms with Gasteiger partial charge in [0.2, 0.25) is 5.91 Å². The van der Waals surface area contributed by atoms with Crippen molar-refractivity contribution >= 4 is 22.9 Å². The van der Waals surface area contributed by atoms with E-state index < -0.39 is 11.6 Å². The van der Waals surface area contributed by atoms with Crippen molar-refractivity contribution in [1.82, 2.24) is 10.3 Å². The first-order chi connectivity index (χ1) is 13.4. The van der Waals surface area contributed by atoms with Gasteiger partial charge in [0.05, 0.1) is 18.2 Å². The van der Waals surface area contributed by atoms with Gasteiger partial charge < -0.3 is 11.1 Å². The van der Waals surface area contributed by atoms with Crippen LogP contribution in [0.15, 0.2) is 47.8 Å². The Morgan fingerprint density at radius 2 is 1.86 bits per heavy atom. The lowest BCUT2D eigenvalue weighted by Crippen LogP contribution is -2.31. The minimum atomic E-state index is -0.962. The standard InChI is InChI=1S/C21H21F2N3OS/c1-2-16-12-28-21(25-16)19(10-13-3-6-15(24)7-4-13)26-20(27)11-14-5-8-17(22)18(23)9-14/h3-9,12,19H,2,10-11,24H2,1H3,(H,26,27). The highest BCUT2D eigenvalue weighted by Crippen LogP contribution is 2.23. The quantitative estimate of drug-likeness (QED) is 0.583. The van der Waals surface area contributed by atoms with Gasteiger partial charge in [-0.25, -0.2) is 13.8 Å². The maximum absolute atomic E-state index is 13.4. The topological polar surface area (TPSA) is 68.0 Å². The number of aromatic nitrogens is 1. The minimum Gasteiger partial charge on any atom is -0.399 e. The van der Waals surface area contributed by atoms with Crippen molar-refractivity contribution in [1.29, 1.82) is 0 Å². The van der Waals surface area contributed by atoms with Crippen molar-refractivity contribution in [3.63, 3.8) is 0 Å². The fourth-order valence-corrected chi connectivity index (χ4v) is 3.77. The summed E-state index contributed by atoms with van der Waals surface area (Å²) in [5.74, 6) is -2.17. The molecule has 3 aromatic rings. The van der Waals surface area contributed by atoms with Crippen LogP contribution in [0.25, 0.3) is 0 Å². The van der Waals surface area contributed by atoms with E-state index in [9.17, 15) is 13.6 Å². The van der Waals surface area contributed by atoms with Crippen LogP contribution in [0.3, 0.4) is 0 Å². The third-order valence-corrected chi connectivity index (χ3v) is 5.34. The van der Waals surface area contributed by atoms with Crippen molar-refractivity contribution in [2.45, 2.75) is 32.2 Å². The molecule has 28 heavy (non-hydrogen) atoms. The predicted molar refractivity (Wildman–Crippen MR) is 107 cm³/mol. The number of aryl methyl sites for hydroxylation is 1. The van der Waals surface area contributed by atoms with E-state index in [1.54, 1.807) is 0 Å². The van der Waals surface area contributed by atoms with Crippen LogP contribution >= 0.6 is 11.3 Å². The molecule has 1 aromatic heterocycles. The summed E-state index contributed by atoms with van der Waals surface area (Å²) in [6.45, 7) is 2.02. The summed E-state index contributed by atoms with van der Waals surface area (Å²) < 4.78 is 26.5. The monoisotopic (exact) mass is 401 g/mol. The number of amides is 1. The molecule has 0 fully saturated rings. The Morgan fingerprint density at radius 3 is 2.50 bits per heavy atom. The Labute approximate surface area is 166 Å². The molecule has 146 valence electrons. The molecule has 1 atom stereocenters. The van der Waals surface area contributed by atoms with Gasteiger partial charge in [-0.05, 0) is 48.2 Å². The lowest BCUT2D eigenvalue weighted by atomic mass is 10.0. The molecule has 4 nitrogen and oxygen atoms in total. The predicted octanol–water partition coefficient (Wildman–Crippen LogP) is 4.21. The molecule has 1 unspecified atom stereocenters. The number of hydrogen-bond donors (Lipinski definition) is 2. The van der Waals surface area contributed by atoms with Crippen molar-refractivity contribution in [2.24, 2.45) is 0 Å². The van der Waals surface area contributed by atoms with E-state index >= 15 is 0 Å². The molecule has 0 radical (unpaired) electrons. The molecular weight excluding hydrogens is 380 g/mol. The van der Waals surface area contributed by atoms with Gasteiger partial charge in [-0.15, -0.1) is 11.3 Å². The summed E-state index contributed by atoms with van der Waals surface area (Å²) in [6, 6.07) is 10.6. The second-order valence-corrected chi connectivity index (χ2v) is 7.41. The normalized spacial score (nSPS) is 12.0. The molecule has 0 saturated carbocycles. The Bertz CT molecular complexity index is 957. The van der Waals surface area contributed by atoms with Gasteiger partial charge in [0, 0.05) is 11.1 Å². The third kappa shape index (κ3) is 5.13. The van der Waals surface area contributed by atoms with E-state index in [1.807, 2.05) is 36.6 Å². The van der Waals surface area contributed by atoms with E-state index in [0.29, 0.717) is 17.7 Å². The number of carbonyl (C=O) groups is 1. The van der Waals surface area contributed by atoms with Gasteiger partial charge in [0.1, 0.15) is 5.01 Å². The maximum atomic E-state index is 13.4. The number of nitrogens with two attached hydrogens (primary N) is 1. The van der Waals surface area contributed by atoms with Gasteiger partial charge in [0.25, 0.3) is 0 Å². The van der Waals surface area contributed by atoms with Crippen LogP contribution in [0, 0.1) is 11.6 Å². The number of carbonyl (C=O) groups excluding carboxylic acids is 1. The van der Waals surface area contributed by atoms with Gasteiger partial charge >= 0.3 is 0 Å². The summed E-state index contributed by atoms with van der Waals surface area (Å²) in [4.78, 5) is 17.1. The number of rotatable bonds is 7. The fourth-order valence-electron chi connectivity index (χ4n) is 2.81. The highest BCUT2D eigenvalue weighted by atomic mass is 32.1. The van der Waals surface area contributed by atoms with Crippen molar-refractivity contribution in [3.05, 3.63) is 81.3 Å². The van der Waals surface area contributed by atoms with Crippen LogP contribution < -0.4 is 11.1 Å². The van der Waals surface area contributed by atoms with Crippen LogP contribution in [0.5, 0.6) is 0 Å². The highest BCUT2D eigenvalue weighted by Gasteiger charge is 2.19. The molecule has 3 N–H and O–H groups in total. The molecule has 0 spiro atoms. The molecular formula is C21H21F2N3OS. The molecule has 3 rings (SSSR count). The number of hydrogen-bond acceptors (Lipinski definition) is 4. The number of thiazole rings is 1. The smallest absolute Gasteiger partial charge is 0.224 e. The Morgan fingerprint density at radius 1 is 1.14 bits per heavy atom. The van der Waals surface area contributed by atoms with E-state index in [4.69, 9.17) is 5.73 Å². The maximum Gasteiger partial charge on any atom is 0.224 e. The zero-order valence-electron chi connectivity index (χ0n) is 15.4. The Balaban J connectivity index is 1.76. The summed E-state index contributed by atoms with van der Waals surface area (Å²) >= 11 is 1.50. The van der Waals surface area contributed by atoms with Crippen LogP contribution in [-0.4, -0.2) is 10.9 Å². The van der Waals surface area contributed by atoms with Crippen LogP contribution in [0.1, 0.15) is 34.8 Å². The van der Waals surface area contributed by atoms with Crippen LogP contribution in [-0.2, 0) is 24.1 Å². The van der Waals surface area contributed by atoms with Crippen LogP contribution in [0.2, 0.25) is 0 Å². The molecule has 7 heteroatoms. The molecule has 0 saturated heterocycles. The first-order valence-electron chi connectivity index (χ1n) is 8.96. The van der Waals surface area contributed by atoms with E-state index in [0.717, 1.165) is 34.8 Å². The molecule has 2 aromatic carbocycles. The van der Waals surface area contributed by atoms with E-state index in [-0.39, 0.29) is 18.4 Å². The zero-order chi connectivity index (χ0) is 20.1. The second-order valence-electron chi connectivity index (χ2n) is 6.52. The Hall–Kier alpha value is -2.80. The second kappa shape index (κ2) is 8.93. The van der Waals surface area contributed by atoms with Crippen molar-refractivity contribution in [3.8, 4) is 0 Å². The highest BCUT2D eigenvalue weighted by molar-refractivity contribution is 7.09. The largest absolute Gasteiger partial charge is 0.399 e. The number of halogens is 2. The van der Waals surface area contributed by atoms with Crippen molar-refractivity contribution in [2.75, 3.05) is 5.73 Å². The molecule has 0 aliphatic carbocycles. The molecule has 0 bridgehead atoms. The number of nitrogens with one attached hydrogen (secondary N) is 1. The first kappa shape index (κ1) is 19.9. The minimum absolute atomic E-state index is 0.0402. The number of anilines is 1. The average Bonchev–Trinajstić information content (AvgIpc) is 3.15. The SMILES string of the molecule is CCc1csc(C(Cc2ccc(N)cc2)NC(=O)Cc2ccc(F)c(F)c2)n1. The Kier molecular flexibility index (Phi) is 6.36. The van der Waals surface area contributed by atoms with Gasteiger partial charge in [-0.2, -0.15) is 0 Å². The lowest BCUT2D eigenvalue weighted by molar-refractivity contribution is -0.121. The number of nitrogens with zero attached hydrogens (tertiary/aromatic N) is 1. The third-order valence-electron chi connectivity index (χ3n) is 4.33. The fraction of sp³-hybridized carbons (Fsp3) is 0.238. The number of nitrogen functional groups attached to an aromatic ring is 1. The van der Waals surface area contributed by atoms with Crippen molar-refractivity contribution < 1.29 is 13.6 Å². The summed E-state index contributed by atoms with van der Waals surface area (Å²) in [7, 11) is 0. The first-order valence-corrected chi connectivity index (χ1v) is 9.84. The zero-order valence-corrected chi connectivity index (χ0v) is 16.2. The lowest BCUT2D eigenvalue weighted by Gasteiger charge is -2.17. The van der Waals surface area contributed by atoms with Gasteiger partial charge in [-0.1, -0.05) is 25.1 Å². The van der Waals surface area contributed by atoms with E-state index in [2.05, 4.69) is 10.3 Å². The molecule has 1 amide bonds. The van der Waals surface area contributed by atoms with Gasteiger partial charge in [0.15, 0.2) is 11.6 Å². The van der Waals surface area contributed by atoms with Gasteiger partial charge in [-0.3, -0.25) is 4.79 Å².